The molecule has 2 heterocycles. The minimum absolute atomic E-state index is 0.440. The summed E-state index contributed by atoms with van der Waals surface area (Å²) in [4.78, 5) is 12.1. The lowest BCUT2D eigenvalue weighted by atomic mass is 10.2. The van der Waals surface area contributed by atoms with Gasteiger partial charge in [0.15, 0.2) is 0 Å². The molecule has 0 aromatic carbocycles. The highest BCUT2D eigenvalue weighted by Crippen LogP contribution is 2.37. The van der Waals surface area contributed by atoms with Crippen LogP contribution in [0.4, 0.5) is 4.79 Å². The molecule has 0 atom stereocenters. The molecule has 1 amide bonds. The van der Waals surface area contributed by atoms with E-state index in [4.69, 9.17) is 14.6 Å². The van der Waals surface area contributed by atoms with Crippen molar-refractivity contribution in [2.75, 3.05) is 26.3 Å². The van der Waals surface area contributed by atoms with Crippen LogP contribution in [0.2, 0.25) is 0 Å². The van der Waals surface area contributed by atoms with Crippen LogP contribution < -0.4 is 0 Å². The van der Waals surface area contributed by atoms with Crippen LogP contribution in [0.5, 0.6) is 0 Å². The predicted octanol–water partition coefficient (Wildman–Crippen LogP) is 0.590. The Morgan fingerprint density at radius 3 is 2.27 bits per heavy atom. The summed E-state index contributed by atoms with van der Waals surface area (Å²) in [6.45, 7) is 2.07. The third-order valence-corrected chi connectivity index (χ3v) is 2.89. The molecule has 80 valence electrons. The molecule has 0 aromatic heterocycles. The lowest BCUT2D eigenvalue weighted by Gasteiger charge is -2.17. The fourth-order valence-electron chi connectivity index (χ4n) is 2.22. The Hall–Kier alpha value is -1.33. The van der Waals surface area contributed by atoms with Gasteiger partial charge in [0.05, 0.1) is 13.2 Å². The molecule has 2 fully saturated rings. The van der Waals surface area contributed by atoms with E-state index in [2.05, 4.69) is 0 Å². The van der Waals surface area contributed by atoms with E-state index in [0.29, 0.717) is 26.3 Å². The zero-order valence-corrected chi connectivity index (χ0v) is 8.10. The molecular formula is C10H11NO4. The topological polar surface area (TPSA) is 59.0 Å². The van der Waals surface area contributed by atoms with Gasteiger partial charge in [0.25, 0.3) is 0 Å². The first-order chi connectivity index (χ1) is 7.19. The molecule has 0 unspecified atom stereocenters. The van der Waals surface area contributed by atoms with Gasteiger partial charge in [-0.3, -0.25) is 4.90 Å². The Morgan fingerprint density at radius 1 is 1.27 bits per heavy atom. The van der Waals surface area contributed by atoms with Crippen LogP contribution >= 0.6 is 0 Å². The van der Waals surface area contributed by atoms with E-state index in [-0.39, 0.29) is 0 Å². The minimum Gasteiger partial charge on any atom is -0.465 e. The fourth-order valence-corrected chi connectivity index (χ4v) is 2.22. The number of carbonyl (C=O) groups is 1. The maximum atomic E-state index is 10.8. The van der Waals surface area contributed by atoms with E-state index < -0.39 is 11.9 Å². The van der Waals surface area contributed by atoms with Crippen LogP contribution in [0, 0.1) is 0 Å². The number of hydrogen-bond donors (Lipinski definition) is 1. The fraction of sp³-hybridized carbons (Fsp3) is 0.500. The summed E-state index contributed by atoms with van der Waals surface area (Å²) in [5, 5.41) is 8.83. The predicted molar refractivity (Wildman–Crippen MR) is 50.4 cm³/mol. The van der Waals surface area contributed by atoms with Gasteiger partial charge in [-0.2, -0.15) is 0 Å². The van der Waals surface area contributed by atoms with Gasteiger partial charge in [-0.05, 0) is 23.3 Å². The van der Waals surface area contributed by atoms with E-state index >= 15 is 0 Å². The molecule has 2 aliphatic heterocycles. The van der Waals surface area contributed by atoms with Gasteiger partial charge >= 0.3 is 6.09 Å². The Balaban J connectivity index is 1.85. The molecule has 0 radical (unpaired) electrons. The standard InChI is InChI=1S/C10H11NO4/c12-9(13)11-5-7-3-10(4-8(7)6-11)14-1-2-15-10/h3-4H,1-2,5-6H2,(H,12,13). The third-order valence-electron chi connectivity index (χ3n) is 2.89. The van der Waals surface area contributed by atoms with E-state index in [9.17, 15) is 4.79 Å². The zero-order chi connectivity index (χ0) is 10.5. The lowest BCUT2D eigenvalue weighted by Crippen LogP contribution is -2.28. The van der Waals surface area contributed by atoms with Crippen molar-refractivity contribution >= 4 is 6.09 Å². The first-order valence-corrected chi connectivity index (χ1v) is 4.88. The molecule has 1 spiro atoms. The van der Waals surface area contributed by atoms with Gasteiger partial charge in [-0.1, -0.05) is 0 Å². The van der Waals surface area contributed by atoms with Crippen molar-refractivity contribution in [1.82, 2.24) is 4.90 Å². The lowest BCUT2D eigenvalue weighted by molar-refractivity contribution is -0.0731. The number of fused-ring (bicyclic) bond motifs is 1. The van der Waals surface area contributed by atoms with Gasteiger partial charge in [0.1, 0.15) is 0 Å². The number of nitrogens with zero attached hydrogens (tertiary/aromatic N) is 1. The van der Waals surface area contributed by atoms with Gasteiger partial charge < -0.3 is 14.6 Å². The van der Waals surface area contributed by atoms with Crippen LogP contribution in [0.3, 0.4) is 0 Å². The SMILES string of the molecule is O=C(O)N1CC2=CC3(C=C2C1)OCCO3. The van der Waals surface area contributed by atoms with Crippen LogP contribution in [-0.4, -0.2) is 48.2 Å². The molecule has 3 aliphatic rings. The van der Waals surface area contributed by atoms with Crippen molar-refractivity contribution in [3.05, 3.63) is 23.3 Å². The number of amides is 1. The summed E-state index contributed by atoms with van der Waals surface area (Å²) in [5.74, 6) is -0.685. The van der Waals surface area contributed by atoms with Gasteiger partial charge in [0.2, 0.25) is 5.79 Å². The van der Waals surface area contributed by atoms with Crippen LogP contribution in [-0.2, 0) is 9.47 Å². The molecule has 2 saturated heterocycles. The quantitative estimate of drug-likeness (QED) is 0.634. The summed E-state index contributed by atoms with van der Waals surface area (Å²) in [6.07, 6.45) is 2.89. The van der Waals surface area contributed by atoms with Crippen molar-refractivity contribution in [1.29, 1.82) is 0 Å². The van der Waals surface area contributed by atoms with Crippen molar-refractivity contribution in [3.8, 4) is 0 Å². The molecule has 1 aliphatic carbocycles. The number of ether oxygens (including phenoxy) is 2. The molecule has 0 aromatic rings. The maximum Gasteiger partial charge on any atom is 0.407 e. The summed E-state index contributed by atoms with van der Waals surface area (Å²) < 4.78 is 11.0. The van der Waals surface area contributed by atoms with E-state index in [1.807, 2.05) is 12.2 Å². The second kappa shape index (κ2) is 2.84. The summed E-state index contributed by atoms with van der Waals surface area (Å²) >= 11 is 0. The van der Waals surface area contributed by atoms with Crippen LogP contribution in [0.15, 0.2) is 23.3 Å². The Labute approximate surface area is 86.6 Å². The first kappa shape index (κ1) is 8.94. The zero-order valence-electron chi connectivity index (χ0n) is 8.10. The third kappa shape index (κ3) is 1.27. The average Bonchev–Trinajstić information content (AvgIpc) is 2.80. The summed E-state index contributed by atoms with van der Waals surface area (Å²) in [5.41, 5.74) is 2.03. The Bertz CT molecular complexity index is 355. The first-order valence-electron chi connectivity index (χ1n) is 4.88. The second-order valence-electron chi connectivity index (χ2n) is 3.90. The maximum absolute atomic E-state index is 10.8. The molecule has 0 saturated carbocycles. The molecule has 1 N–H and O–H groups in total. The smallest absolute Gasteiger partial charge is 0.407 e. The number of carboxylic acid groups (broad SMARTS) is 1. The van der Waals surface area contributed by atoms with Crippen molar-refractivity contribution in [2.24, 2.45) is 0 Å². The molecular weight excluding hydrogens is 198 g/mol. The van der Waals surface area contributed by atoms with Crippen LogP contribution in [0.1, 0.15) is 0 Å². The highest BCUT2D eigenvalue weighted by Gasteiger charge is 2.41. The molecule has 15 heavy (non-hydrogen) atoms. The van der Waals surface area contributed by atoms with Gasteiger partial charge in [-0.15, -0.1) is 0 Å². The van der Waals surface area contributed by atoms with E-state index in [0.717, 1.165) is 11.1 Å². The highest BCUT2D eigenvalue weighted by atomic mass is 16.7. The molecule has 0 bridgehead atoms. The molecule has 5 nitrogen and oxygen atoms in total. The summed E-state index contributed by atoms with van der Waals surface area (Å²) in [7, 11) is 0. The van der Waals surface area contributed by atoms with E-state index in [1.54, 1.807) is 0 Å². The van der Waals surface area contributed by atoms with Crippen molar-refractivity contribution in [2.45, 2.75) is 5.79 Å². The number of rotatable bonds is 0. The summed E-state index contributed by atoms with van der Waals surface area (Å²) in [6, 6.07) is 0. The number of likely N-dealkylation sites (tertiary alicyclic amines) is 1. The molecule has 3 rings (SSSR count). The highest BCUT2D eigenvalue weighted by molar-refractivity contribution is 5.69. The van der Waals surface area contributed by atoms with Crippen molar-refractivity contribution in [3.63, 3.8) is 0 Å². The van der Waals surface area contributed by atoms with Gasteiger partial charge in [0, 0.05) is 13.1 Å². The van der Waals surface area contributed by atoms with E-state index in [1.165, 1.54) is 4.90 Å². The number of hydrogen-bond acceptors (Lipinski definition) is 3. The van der Waals surface area contributed by atoms with Crippen LogP contribution in [0.25, 0.3) is 0 Å². The van der Waals surface area contributed by atoms with Gasteiger partial charge in [-0.25, -0.2) is 4.79 Å². The monoisotopic (exact) mass is 209 g/mol. The largest absolute Gasteiger partial charge is 0.465 e. The Kier molecular flexibility index (Phi) is 1.69. The average molecular weight is 209 g/mol. The minimum atomic E-state index is -0.881. The second-order valence-corrected chi connectivity index (χ2v) is 3.90. The van der Waals surface area contributed by atoms with Crippen molar-refractivity contribution < 1.29 is 19.4 Å². The normalized spacial score (nSPS) is 26.8. The molecule has 5 heteroatoms. The Morgan fingerprint density at radius 2 is 1.80 bits per heavy atom.